The zero-order valence-electron chi connectivity index (χ0n) is 14.5. The lowest BCUT2D eigenvalue weighted by molar-refractivity contribution is -0.134. The Hall–Kier alpha value is -2.37. The summed E-state index contributed by atoms with van der Waals surface area (Å²) in [6.07, 6.45) is 3.58. The van der Waals surface area contributed by atoms with Crippen LogP contribution in [0.15, 0.2) is 18.5 Å². The van der Waals surface area contributed by atoms with E-state index in [4.69, 9.17) is 0 Å². The van der Waals surface area contributed by atoms with Gasteiger partial charge < -0.3 is 14.8 Å². The maximum Gasteiger partial charge on any atom is 0.242 e. The van der Waals surface area contributed by atoms with Crippen molar-refractivity contribution < 1.29 is 9.59 Å². The Morgan fingerprint density at radius 1 is 1.29 bits per heavy atom. The van der Waals surface area contributed by atoms with Gasteiger partial charge in [0, 0.05) is 26.1 Å². The number of rotatable bonds is 3. The molecule has 0 aliphatic carbocycles. The summed E-state index contributed by atoms with van der Waals surface area (Å²) in [5.41, 5.74) is 4.30. The van der Waals surface area contributed by atoms with Gasteiger partial charge in [0.1, 0.15) is 6.54 Å². The van der Waals surface area contributed by atoms with Crippen molar-refractivity contribution in [3.05, 3.63) is 29.6 Å². The Labute approximate surface area is 141 Å². The molecule has 24 heavy (non-hydrogen) atoms. The first kappa shape index (κ1) is 16.5. The van der Waals surface area contributed by atoms with Crippen molar-refractivity contribution in [3.63, 3.8) is 0 Å². The van der Waals surface area contributed by atoms with Crippen molar-refractivity contribution >= 4 is 22.8 Å². The Bertz CT molecular complexity index is 781. The monoisotopic (exact) mass is 328 g/mol. The van der Waals surface area contributed by atoms with Crippen molar-refractivity contribution in [1.82, 2.24) is 19.8 Å². The molecule has 128 valence electrons. The molecule has 0 radical (unpaired) electrons. The molecule has 2 heterocycles. The number of benzene rings is 1. The third-order valence-electron chi connectivity index (χ3n) is 4.72. The minimum absolute atomic E-state index is 0.0410. The smallest absolute Gasteiger partial charge is 0.242 e. The average molecular weight is 328 g/mol. The van der Waals surface area contributed by atoms with Gasteiger partial charge in [-0.15, -0.1) is 0 Å². The molecule has 6 nitrogen and oxygen atoms in total. The maximum absolute atomic E-state index is 12.7. The molecule has 1 aliphatic rings. The Balaban J connectivity index is 1.73. The highest BCUT2D eigenvalue weighted by Gasteiger charge is 2.24. The van der Waals surface area contributed by atoms with E-state index in [1.165, 1.54) is 18.1 Å². The van der Waals surface area contributed by atoms with E-state index in [2.05, 4.69) is 36.3 Å². The molecule has 6 heteroatoms. The van der Waals surface area contributed by atoms with Crippen LogP contribution in [0.5, 0.6) is 0 Å². The fourth-order valence-electron chi connectivity index (χ4n) is 3.29. The van der Waals surface area contributed by atoms with Gasteiger partial charge in [-0.25, -0.2) is 4.98 Å². The van der Waals surface area contributed by atoms with Crippen LogP contribution in [0.25, 0.3) is 11.0 Å². The Morgan fingerprint density at radius 2 is 2.04 bits per heavy atom. The van der Waals surface area contributed by atoms with Crippen LogP contribution in [0.1, 0.15) is 30.9 Å². The van der Waals surface area contributed by atoms with Crippen LogP contribution in [0.4, 0.5) is 0 Å². The highest BCUT2D eigenvalue weighted by atomic mass is 16.2. The highest BCUT2D eigenvalue weighted by molar-refractivity contribution is 5.81. The third kappa shape index (κ3) is 3.42. The minimum atomic E-state index is -0.0410. The van der Waals surface area contributed by atoms with Crippen molar-refractivity contribution in [3.8, 4) is 0 Å². The lowest BCUT2D eigenvalue weighted by Gasteiger charge is -2.33. The highest BCUT2D eigenvalue weighted by Crippen LogP contribution is 2.19. The lowest BCUT2D eigenvalue weighted by atomic mass is 10.1. The summed E-state index contributed by atoms with van der Waals surface area (Å²) >= 11 is 0. The van der Waals surface area contributed by atoms with E-state index < -0.39 is 0 Å². The summed E-state index contributed by atoms with van der Waals surface area (Å²) in [6.45, 7) is 7.27. The van der Waals surface area contributed by atoms with E-state index in [0.29, 0.717) is 6.54 Å². The number of piperidine rings is 1. The van der Waals surface area contributed by atoms with Gasteiger partial charge in [0.05, 0.1) is 17.4 Å². The Morgan fingerprint density at radius 3 is 2.79 bits per heavy atom. The molecule has 1 unspecified atom stereocenters. The molecule has 1 atom stereocenters. The average Bonchev–Trinajstić information content (AvgIpc) is 2.89. The summed E-state index contributed by atoms with van der Waals surface area (Å²) in [5.74, 6) is 0.0309. The lowest BCUT2D eigenvalue weighted by Crippen LogP contribution is -2.49. The van der Waals surface area contributed by atoms with E-state index in [9.17, 15) is 9.59 Å². The van der Waals surface area contributed by atoms with Gasteiger partial charge in [-0.05, 0) is 49.9 Å². The summed E-state index contributed by atoms with van der Waals surface area (Å²) < 4.78 is 1.91. The first-order valence-corrected chi connectivity index (χ1v) is 8.41. The summed E-state index contributed by atoms with van der Waals surface area (Å²) in [7, 11) is 0. The molecular formula is C18H24N4O2. The fraction of sp³-hybridized carbons (Fsp3) is 0.500. The summed E-state index contributed by atoms with van der Waals surface area (Å²) in [6, 6.07) is 4.20. The van der Waals surface area contributed by atoms with E-state index in [1.54, 1.807) is 6.33 Å². The number of amides is 2. The van der Waals surface area contributed by atoms with Gasteiger partial charge >= 0.3 is 0 Å². The zero-order chi connectivity index (χ0) is 17.3. The molecule has 1 aromatic carbocycles. The number of carbonyl (C=O) groups is 2. The minimum Gasteiger partial charge on any atom is -0.352 e. The number of aryl methyl sites for hydroxylation is 2. The van der Waals surface area contributed by atoms with E-state index >= 15 is 0 Å². The van der Waals surface area contributed by atoms with E-state index in [1.807, 2.05) is 9.47 Å². The van der Waals surface area contributed by atoms with Crippen LogP contribution in [0.2, 0.25) is 0 Å². The molecule has 2 aromatic rings. The van der Waals surface area contributed by atoms with E-state index in [0.717, 1.165) is 30.4 Å². The van der Waals surface area contributed by atoms with Crippen LogP contribution in [-0.2, 0) is 16.1 Å². The first-order valence-electron chi connectivity index (χ1n) is 8.41. The molecule has 1 saturated heterocycles. The number of fused-ring (bicyclic) bond motifs is 1. The van der Waals surface area contributed by atoms with Crippen LogP contribution in [0, 0.1) is 13.8 Å². The second-order valence-corrected chi connectivity index (χ2v) is 6.68. The number of nitrogens with one attached hydrogen (secondary N) is 1. The molecule has 3 rings (SSSR count). The van der Waals surface area contributed by atoms with Crippen LogP contribution >= 0.6 is 0 Å². The predicted molar refractivity (Wildman–Crippen MR) is 92.6 cm³/mol. The molecule has 2 amide bonds. The van der Waals surface area contributed by atoms with Crippen molar-refractivity contribution in [1.29, 1.82) is 0 Å². The van der Waals surface area contributed by atoms with Gasteiger partial charge in [-0.2, -0.15) is 0 Å². The molecule has 1 aromatic heterocycles. The number of hydrogen-bond donors (Lipinski definition) is 1. The van der Waals surface area contributed by atoms with Crippen LogP contribution < -0.4 is 5.32 Å². The van der Waals surface area contributed by atoms with Gasteiger partial charge in [-0.3, -0.25) is 9.59 Å². The van der Waals surface area contributed by atoms with Crippen molar-refractivity contribution in [2.24, 2.45) is 0 Å². The molecule has 1 fully saturated rings. The fourth-order valence-corrected chi connectivity index (χ4v) is 3.29. The van der Waals surface area contributed by atoms with Crippen molar-refractivity contribution in [2.75, 3.05) is 13.1 Å². The second-order valence-electron chi connectivity index (χ2n) is 6.68. The molecule has 0 bridgehead atoms. The number of imidazole rings is 1. The number of aromatic nitrogens is 2. The predicted octanol–water partition coefficient (Wildman–Crippen LogP) is 1.78. The number of hydrogen-bond acceptors (Lipinski definition) is 3. The normalized spacial score (nSPS) is 18.0. The number of likely N-dealkylation sites (tertiary alicyclic amines) is 1. The zero-order valence-corrected chi connectivity index (χ0v) is 14.5. The summed E-state index contributed by atoms with van der Waals surface area (Å²) in [4.78, 5) is 30.1. The van der Waals surface area contributed by atoms with E-state index in [-0.39, 0.29) is 24.4 Å². The SMILES string of the molecule is CC(=O)NC1CCCN(C(=O)Cn2cnc3cc(C)c(C)cc32)C1. The number of nitrogens with zero attached hydrogens (tertiary/aromatic N) is 3. The van der Waals surface area contributed by atoms with Crippen molar-refractivity contribution in [2.45, 2.75) is 46.2 Å². The number of carbonyl (C=O) groups excluding carboxylic acids is 2. The molecule has 1 aliphatic heterocycles. The molecule has 0 spiro atoms. The van der Waals surface area contributed by atoms with Gasteiger partial charge in [0.2, 0.25) is 11.8 Å². The first-order chi connectivity index (χ1) is 11.4. The third-order valence-corrected chi connectivity index (χ3v) is 4.72. The second kappa shape index (κ2) is 6.63. The molecule has 1 N–H and O–H groups in total. The molecule has 0 saturated carbocycles. The maximum atomic E-state index is 12.7. The van der Waals surface area contributed by atoms with Crippen LogP contribution in [0.3, 0.4) is 0 Å². The van der Waals surface area contributed by atoms with Crippen LogP contribution in [-0.4, -0.2) is 45.4 Å². The largest absolute Gasteiger partial charge is 0.352 e. The standard InChI is InChI=1S/C18H24N4O2/c1-12-7-16-17(8-13(12)2)22(11-19-16)10-18(24)21-6-4-5-15(9-21)20-14(3)23/h7-8,11,15H,4-6,9-10H2,1-3H3,(H,20,23). The molecular weight excluding hydrogens is 304 g/mol. The topological polar surface area (TPSA) is 67.2 Å². The van der Waals surface area contributed by atoms with Gasteiger partial charge in [0.25, 0.3) is 0 Å². The van der Waals surface area contributed by atoms with Gasteiger partial charge in [-0.1, -0.05) is 0 Å². The Kier molecular flexibility index (Phi) is 4.55. The van der Waals surface area contributed by atoms with Gasteiger partial charge in [0.15, 0.2) is 0 Å². The summed E-state index contributed by atoms with van der Waals surface area (Å²) in [5, 5.41) is 2.92. The quantitative estimate of drug-likeness (QED) is 0.934.